The molecule has 0 amide bonds. The van der Waals surface area contributed by atoms with Crippen molar-refractivity contribution in [2.75, 3.05) is 13.7 Å². The van der Waals surface area contributed by atoms with Gasteiger partial charge in [-0.25, -0.2) is 13.1 Å². The van der Waals surface area contributed by atoms with E-state index in [9.17, 15) is 13.5 Å². The summed E-state index contributed by atoms with van der Waals surface area (Å²) >= 11 is 0. The van der Waals surface area contributed by atoms with Gasteiger partial charge in [-0.05, 0) is 73.4 Å². The normalized spacial score (nSPS) is 28.7. The number of nitrogens with one attached hydrogen (secondary N) is 1. The van der Waals surface area contributed by atoms with Gasteiger partial charge in [0.1, 0.15) is 5.75 Å². The number of aromatic hydroxyl groups is 1. The third-order valence-electron chi connectivity index (χ3n) is 6.81. The molecule has 2 bridgehead atoms. The van der Waals surface area contributed by atoms with Crippen LogP contribution in [0.5, 0.6) is 5.75 Å². The van der Waals surface area contributed by atoms with Crippen LogP contribution < -0.4 is 4.72 Å². The Morgan fingerprint density at radius 1 is 1.21 bits per heavy atom. The molecule has 0 aliphatic heterocycles. The second-order valence-corrected chi connectivity index (χ2v) is 10.8. The Morgan fingerprint density at radius 3 is 2.62 bits per heavy atom. The van der Waals surface area contributed by atoms with Crippen molar-refractivity contribution in [3.63, 3.8) is 0 Å². The first-order valence-corrected chi connectivity index (χ1v) is 11.6. The molecule has 0 aromatic heterocycles. The summed E-state index contributed by atoms with van der Waals surface area (Å²) < 4.78 is 34.8. The molecule has 3 atom stereocenters. The molecule has 0 spiro atoms. The monoisotopic (exact) mass is 415 g/mol. The van der Waals surface area contributed by atoms with Crippen LogP contribution in [0.3, 0.4) is 0 Å². The van der Waals surface area contributed by atoms with Crippen LogP contribution in [0.4, 0.5) is 0 Å². The summed E-state index contributed by atoms with van der Waals surface area (Å²) in [5.74, 6) is 0.284. The van der Waals surface area contributed by atoms with Gasteiger partial charge in [0.25, 0.3) is 0 Å². The maximum absolute atomic E-state index is 13.1. The number of ether oxygens (including phenoxy) is 1. The van der Waals surface area contributed by atoms with Crippen molar-refractivity contribution >= 4 is 10.0 Å². The van der Waals surface area contributed by atoms with Gasteiger partial charge in [0.05, 0.1) is 11.5 Å². The molecule has 6 heteroatoms. The number of hydrogen-bond acceptors (Lipinski definition) is 4. The van der Waals surface area contributed by atoms with Crippen LogP contribution in [0.2, 0.25) is 0 Å². The molecule has 0 unspecified atom stereocenters. The minimum Gasteiger partial charge on any atom is -0.508 e. The van der Waals surface area contributed by atoms with E-state index in [0.29, 0.717) is 11.5 Å². The average Bonchev–Trinajstić information content (AvgIpc) is 2.66. The predicted octanol–water partition coefficient (Wildman–Crippen LogP) is 3.68. The molecule has 156 valence electrons. The summed E-state index contributed by atoms with van der Waals surface area (Å²) in [6.45, 7) is 4.65. The highest BCUT2D eigenvalue weighted by molar-refractivity contribution is 7.89. The molecule has 4 rings (SSSR count). The fraction of sp³-hybridized carbons (Fsp3) is 0.478. The van der Waals surface area contributed by atoms with Gasteiger partial charge in [-0.3, -0.25) is 0 Å². The number of sulfonamides is 1. The van der Waals surface area contributed by atoms with E-state index in [-0.39, 0.29) is 22.6 Å². The number of rotatable bonds is 5. The van der Waals surface area contributed by atoms with Crippen molar-refractivity contribution in [3.8, 4) is 5.75 Å². The molecule has 5 nitrogen and oxygen atoms in total. The third kappa shape index (κ3) is 3.58. The molecule has 2 aliphatic rings. The van der Waals surface area contributed by atoms with Crippen molar-refractivity contribution in [2.45, 2.75) is 55.9 Å². The van der Waals surface area contributed by atoms with Crippen LogP contribution >= 0.6 is 0 Å². The fourth-order valence-corrected chi connectivity index (χ4v) is 6.85. The lowest BCUT2D eigenvalue weighted by molar-refractivity contribution is -0.00776. The molecular weight excluding hydrogens is 386 g/mol. The zero-order chi connectivity index (χ0) is 20.9. The van der Waals surface area contributed by atoms with Crippen LogP contribution in [-0.2, 0) is 26.6 Å². The second-order valence-electron chi connectivity index (χ2n) is 9.08. The maximum atomic E-state index is 13.1. The second kappa shape index (κ2) is 7.11. The summed E-state index contributed by atoms with van der Waals surface area (Å²) in [5.41, 5.74) is 2.97. The standard InChI is InChI=1S/C23H29NO4S/c1-16-4-8-19(9-5-16)29(26,27)24-21-10-11-22(2)14-23(21,15-28-3)13-17-6-7-18(25)12-20(17)22/h4-9,12,21,24-25H,10-11,13-15H2,1-3H3/t21-,22+,23+/m0/s1. The molecule has 2 aromatic rings. The molecule has 0 heterocycles. The molecule has 2 aliphatic carbocycles. The quantitative estimate of drug-likeness (QED) is 0.781. The lowest BCUT2D eigenvalue weighted by Crippen LogP contribution is -2.59. The first-order chi connectivity index (χ1) is 13.7. The van der Waals surface area contributed by atoms with Crippen molar-refractivity contribution < 1.29 is 18.3 Å². The Hall–Kier alpha value is -1.89. The van der Waals surface area contributed by atoms with Gasteiger partial charge in [0.2, 0.25) is 10.0 Å². The number of phenolic OH excluding ortho intramolecular Hbond substituents is 1. The van der Waals surface area contributed by atoms with Crippen molar-refractivity contribution in [1.82, 2.24) is 4.72 Å². The summed E-state index contributed by atoms with van der Waals surface area (Å²) in [6.07, 6.45) is 3.15. The van der Waals surface area contributed by atoms with E-state index in [1.165, 1.54) is 11.1 Å². The first kappa shape index (κ1) is 20.4. The van der Waals surface area contributed by atoms with E-state index in [1.54, 1.807) is 25.3 Å². The lowest BCUT2D eigenvalue weighted by atomic mass is 9.52. The van der Waals surface area contributed by atoms with Gasteiger partial charge in [-0.15, -0.1) is 0 Å². The van der Waals surface area contributed by atoms with E-state index in [1.807, 2.05) is 31.2 Å². The number of benzene rings is 2. The highest BCUT2D eigenvalue weighted by atomic mass is 32.2. The van der Waals surface area contributed by atoms with Crippen molar-refractivity contribution in [3.05, 3.63) is 59.2 Å². The van der Waals surface area contributed by atoms with Gasteiger partial charge in [0, 0.05) is 18.6 Å². The smallest absolute Gasteiger partial charge is 0.240 e. The van der Waals surface area contributed by atoms with E-state index < -0.39 is 10.0 Å². The Kier molecular flexibility index (Phi) is 5.00. The van der Waals surface area contributed by atoms with Gasteiger partial charge in [-0.2, -0.15) is 0 Å². The van der Waals surface area contributed by atoms with E-state index >= 15 is 0 Å². The van der Waals surface area contributed by atoms with Crippen molar-refractivity contribution in [1.29, 1.82) is 0 Å². The van der Waals surface area contributed by atoms with Gasteiger partial charge in [-0.1, -0.05) is 30.7 Å². The van der Waals surface area contributed by atoms with E-state index in [4.69, 9.17) is 4.74 Å². The van der Waals surface area contributed by atoms with Crippen LogP contribution in [-0.4, -0.2) is 33.3 Å². The van der Waals surface area contributed by atoms with E-state index in [0.717, 1.165) is 31.2 Å². The number of phenols is 1. The molecule has 2 aromatic carbocycles. The summed E-state index contributed by atoms with van der Waals surface area (Å²) in [6, 6.07) is 12.3. The number of fused-ring (bicyclic) bond motifs is 4. The van der Waals surface area contributed by atoms with Crippen LogP contribution in [0, 0.1) is 12.3 Å². The van der Waals surface area contributed by atoms with Gasteiger partial charge < -0.3 is 9.84 Å². The van der Waals surface area contributed by atoms with Crippen molar-refractivity contribution in [2.24, 2.45) is 5.41 Å². The number of methoxy groups -OCH3 is 1. The largest absolute Gasteiger partial charge is 0.508 e. The SMILES string of the molecule is COC[C@]12Cc3ccc(O)cc3[C@](C)(CC[C@@H]1NS(=O)(=O)c1ccc(C)cc1)C2. The summed E-state index contributed by atoms with van der Waals surface area (Å²) in [4.78, 5) is 0.296. The zero-order valence-electron chi connectivity index (χ0n) is 17.2. The Balaban J connectivity index is 1.71. The Bertz CT molecular complexity index is 1020. The molecule has 1 fully saturated rings. The van der Waals surface area contributed by atoms with Crippen LogP contribution in [0.1, 0.15) is 42.9 Å². The topological polar surface area (TPSA) is 75.6 Å². The summed E-state index contributed by atoms with van der Waals surface area (Å²) in [5, 5.41) is 10.0. The number of aryl methyl sites for hydroxylation is 1. The fourth-order valence-electron chi connectivity index (χ4n) is 5.48. The average molecular weight is 416 g/mol. The maximum Gasteiger partial charge on any atom is 0.240 e. The van der Waals surface area contributed by atoms with E-state index in [2.05, 4.69) is 11.6 Å². The minimum atomic E-state index is -3.62. The molecular formula is C23H29NO4S. The summed E-state index contributed by atoms with van der Waals surface area (Å²) in [7, 11) is -1.94. The molecule has 2 N–H and O–H groups in total. The number of hydrogen-bond donors (Lipinski definition) is 2. The zero-order valence-corrected chi connectivity index (χ0v) is 18.1. The minimum absolute atomic E-state index is 0.101. The van der Waals surface area contributed by atoms with Crippen LogP contribution in [0.25, 0.3) is 0 Å². The molecule has 0 radical (unpaired) electrons. The van der Waals surface area contributed by atoms with Crippen LogP contribution in [0.15, 0.2) is 47.4 Å². The molecule has 0 saturated heterocycles. The lowest BCUT2D eigenvalue weighted by Gasteiger charge is -2.55. The van der Waals surface area contributed by atoms with Gasteiger partial charge >= 0.3 is 0 Å². The molecule has 1 saturated carbocycles. The third-order valence-corrected chi connectivity index (χ3v) is 8.30. The molecule has 29 heavy (non-hydrogen) atoms. The Morgan fingerprint density at radius 2 is 1.93 bits per heavy atom. The highest BCUT2D eigenvalue weighted by Gasteiger charge is 2.54. The van der Waals surface area contributed by atoms with Gasteiger partial charge in [0.15, 0.2) is 0 Å². The highest BCUT2D eigenvalue weighted by Crippen LogP contribution is 2.55. The predicted molar refractivity (Wildman–Crippen MR) is 113 cm³/mol. The Labute approximate surface area is 173 Å². The first-order valence-electron chi connectivity index (χ1n) is 10.1.